The van der Waals surface area contributed by atoms with Crippen LogP contribution in [0.5, 0.6) is 0 Å². The number of hydrogen-bond donors (Lipinski definition) is 2. The quantitative estimate of drug-likeness (QED) is 0.857. The van der Waals surface area contributed by atoms with Crippen molar-refractivity contribution in [1.29, 1.82) is 0 Å². The highest BCUT2D eigenvalue weighted by molar-refractivity contribution is 5.89. The number of amides is 2. The zero-order valence-electron chi connectivity index (χ0n) is 12.3. The highest BCUT2D eigenvalue weighted by Crippen LogP contribution is 2.16. The van der Waals surface area contributed by atoms with E-state index in [1.807, 2.05) is 43.0 Å². The van der Waals surface area contributed by atoms with Gasteiger partial charge < -0.3 is 16.0 Å². The molecule has 0 spiro atoms. The number of nitrogens with zero attached hydrogens (tertiary/aromatic N) is 1. The van der Waals surface area contributed by atoms with Crippen LogP contribution in [0.25, 0.3) is 0 Å². The molecule has 0 heterocycles. The molecule has 0 radical (unpaired) electrons. The summed E-state index contributed by atoms with van der Waals surface area (Å²) in [5.41, 5.74) is 7.65. The van der Waals surface area contributed by atoms with E-state index >= 15 is 0 Å². The number of benzene rings is 1. The zero-order chi connectivity index (χ0) is 14.4. The van der Waals surface area contributed by atoms with E-state index in [-0.39, 0.29) is 12.1 Å². The largest absolute Gasteiger partial charge is 0.325 e. The van der Waals surface area contributed by atoms with Crippen LogP contribution in [0.4, 0.5) is 10.5 Å². The van der Waals surface area contributed by atoms with Crippen molar-refractivity contribution in [2.24, 2.45) is 11.7 Å². The number of anilines is 1. The first kappa shape index (κ1) is 15.5. The van der Waals surface area contributed by atoms with E-state index in [4.69, 9.17) is 5.73 Å². The van der Waals surface area contributed by atoms with Crippen LogP contribution in [0.3, 0.4) is 0 Å². The standard InChI is InChI=1S/C15H25N3O/c1-5-18(10-11(2)3)15(19)17-14-8-6-7-13(9-14)12(4)16/h6-9,11-12H,5,10,16H2,1-4H3,(H,17,19). The van der Waals surface area contributed by atoms with Crippen molar-refractivity contribution in [1.82, 2.24) is 4.90 Å². The minimum atomic E-state index is -0.0574. The maximum absolute atomic E-state index is 12.1. The smallest absolute Gasteiger partial charge is 0.321 e. The van der Waals surface area contributed by atoms with E-state index in [9.17, 15) is 4.79 Å². The van der Waals surface area contributed by atoms with Crippen LogP contribution < -0.4 is 11.1 Å². The minimum Gasteiger partial charge on any atom is -0.325 e. The Kier molecular flexibility index (Phi) is 5.83. The Labute approximate surface area is 116 Å². The Bertz CT molecular complexity index is 416. The van der Waals surface area contributed by atoms with Gasteiger partial charge >= 0.3 is 6.03 Å². The predicted molar refractivity (Wildman–Crippen MR) is 80.1 cm³/mol. The highest BCUT2D eigenvalue weighted by atomic mass is 16.2. The first-order chi connectivity index (χ1) is 8.93. The Morgan fingerprint density at radius 3 is 2.58 bits per heavy atom. The number of hydrogen-bond acceptors (Lipinski definition) is 2. The first-order valence-electron chi connectivity index (χ1n) is 6.85. The van der Waals surface area contributed by atoms with Gasteiger partial charge in [0.1, 0.15) is 0 Å². The third-order valence-corrected chi connectivity index (χ3v) is 2.92. The van der Waals surface area contributed by atoms with E-state index in [2.05, 4.69) is 19.2 Å². The molecule has 4 heteroatoms. The molecule has 1 aromatic rings. The zero-order valence-corrected chi connectivity index (χ0v) is 12.3. The van der Waals surface area contributed by atoms with Gasteiger partial charge in [-0.15, -0.1) is 0 Å². The molecule has 1 rings (SSSR count). The summed E-state index contributed by atoms with van der Waals surface area (Å²) in [6.07, 6.45) is 0. The number of urea groups is 1. The fraction of sp³-hybridized carbons (Fsp3) is 0.533. The molecule has 0 aliphatic heterocycles. The van der Waals surface area contributed by atoms with Crippen LogP contribution in [0.1, 0.15) is 39.3 Å². The van der Waals surface area contributed by atoms with Crippen LogP contribution >= 0.6 is 0 Å². The van der Waals surface area contributed by atoms with E-state index in [0.717, 1.165) is 17.8 Å². The molecule has 106 valence electrons. The third-order valence-electron chi connectivity index (χ3n) is 2.92. The van der Waals surface area contributed by atoms with Gasteiger partial charge in [-0.1, -0.05) is 26.0 Å². The second kappa shape index (κ2) is 7.14. The molecule has 2 amide bonds. The molecule has 1 unspecified atom stereocenters. The molecular formula is C15H25N3O. The lowest BCUT2D eigenvalue weighted by molar-refractivity contribution is 0.208. The second-order valence-corrected chi connectivity index (χ2v) is 5.28. The summed E-state index contributed by atoms with van der Waals surface area (Å²) in [5, 5.41) is 2.92. The van der Waals surface area contributed by atoms with Gasteiger partial charge in [-0.2, -0.15) is 0 Å². The maximum Gasteiger partial charge on any atom is 0.321 e. The Morgan fingerprint density at radius 2 is 2.05 bits per heavy atom. The summed E-state index contributed by atoms with van der Waals surface area (Å²) in [4.78, 5) is 14.0. The molecule has 3 N–H and O–H groups in total. The number of nitrogens with two attached hydrogens (primary N) is 1. The van der Waals surface area contributed by atoms with Crippen molar-refractivity contribution in [3.8, 4) is 0 Å². The number of carbonyl (C=O) groups is 1. The molecular weight excluding hydrogens is 238 g/mol. The fourth-order valence-electron chi connectivity index (χ4n) is 1.90. The average Bonchev–Trinajstić information content (AvgIpc) is 2.35. The lowest BCUT2D eigenvalue weighted by atomic mass is 10.1. The maximum atomic E-state index is 12.1. The monoisotopic (exact) mass is 263 g/mol. The summed E-state index contributed by atoms with van der Waals surface area (Å²) in [5.74, 6) is 0.459. The van der Waals surface area contributed by atoms with Gasteiger partial charge in [0.05, 0.1) is 0 Å². The van der Waals surface area contributed by atoms with Crippen LogP contribution in [-0.4, -0.2) is 24.0 Å². The number of carbonyl (C=O) groups excluding carboxylic acids is 1. The SMILES string of the molecule is CCN(CC(C)C)C(=O)Nc1cccc(C(C)N)c1. The summed E-state index contributed by atoms with van der Waals surface area (Å²) in [6.45, 7) is 9.59. The molecule has 0 aromatic heterocycles. The lowest BCUT2D eigenvalue weighted by Crippen LogP contribution is -2.37. The number of nitrogens with one attached hydrogen (secondary N) is 1. The molecule has 0 saturated carbocycles. The molecule has 0 fully saturated rings. The predicted octanol–water partition coefficient (Wildman–Crippen LogP) is 3.22. The molecule has 0 aliphatic carbocycles. The lowest BCUT2D eigenvalue weighted by Gasteiger charge is -2.23. The van der Waals surface area contributed by atoms with Crippen molar-refractivity contribution < 1.29 is 4.79 Å². The Balaban J connectivity index is 2.72. The van der Waals surface area contributed by atoms with E-state index < -0.39 is 0 Å². The van der Waals surface area contributed by atoms with Gasteiger partial charge in [-0.3, -0.25) is 0 Å². The molecule has 0 saturated heterocycles. The summed E-state index contributed by atoms with van der Waals surface area (Å²) in [6, 6.07) is 7.59. The molecule has 1 aromatic carbocycles. The topological polar surface area (TPSA) is 58.4 Å². The molecule has 0 aliphatic rings. The summed E-state index contributed by atoms with van der Waals surface area (Å²) < 4.78 is 0. The van der Waals surface area contributed by atoms with Gasteiger partial charge in [0.2, 0.25) is 0 Å². The summed E-state index contributed by atoms with van der Waals surface area (Å²) >= 11 is 0. The van der Waals surface area contributed by atoms with Crippen molar-refractivity contribution >= 4 is 11.7 Å². The van der Waals surface area contributed by atoms with Crippen LogP contribution in [0.2, 0.25) is 0 Å². The van der Waals surface area contributed by atoms with Crippen LogP contribution in [-0.2, 0) is 0 Å². The molecule has 1 atom stereocenters. The Hall–Kier alpha value is -1.55. The second-order valence-electron chi connectivity index (χ2n) is 5.28. The van der Waals surface area contributed by atoms with Gasteiger partial charge in [0, 0.05) is 24.8 Å². The highest BCUT2D eigenvalue weighted by Gasteiger charge is 2.13. The first-order valence-corrected chi connectivity index (χ1v) is 6.85. The van der Waals surface area contributed by atoms with Crippen molar-refractivity contribution in [2.45, 2.75) is 33.7 Å². The molecule has 4 nitrogen and oxygen atoms in total. The van der Waals surface area contributed by atoms with Gasteiger partial charge in [-0.05, 0) is 37.5 Å². The van der Waals surface area contributed by atoms with Gasteiger partial charge in [0.25, 0.3) is 0 Å². The van der Waals surface area contributed by atoms with Crippen molar-refractivity contribution in [3.05, 3.63) is 29.8 Å². The normalized spacial score (nSPS) is 12.3. The van der Waals surface area contributed by atoms with Gasteiger partial charge in [0.15, 0.2) is 0 Å². The average molecular weight is 263 g/mol. The van der Waals surface area contributed by atoms with E-state index in [1.54, 1.807) is 0 Å². The van der Waals surface area contributed by atoms with Crippen LogP contribution in [0, 0.1) is 5.92 Å². The minimum absolute atomic E-state index is 0.0326. The van der Waals surface area contributed by atoms with Gasteiger partial charge in [-0.25, -0.2) is 4.79 Å². The van der Waals surface area contributed by atoms with Crippen LogP contribution in [0.15, 0.2) is 24.3 Å². The molecule has 0 bridgehead atoms. The summed E-state index contributed by atoms with van der Waals surface area (Å²) in [7, 11) is 0. The van der Waals surface area contributed by atoms with E-state index in [0.29, 0.717) is 12.5 Å². The van der Waals surface area contributed by atoms with E-state index in [1.165, 1.54) is 0 Å². The Morgan fingerprint density at radius 1 is 1.37 bits per heavy atom. The fourth-order valence-corrected chi connectivity index (χ4v) is 1.90. The third kappa shape index (κ3) is 4.91. The number of rotatable bonds is 5. The van der Waals surface area contributed by atoms with Crippen molar-refractivity contribution in [3.63, 3.8) is 0 Å². The van der Waals surface area contributed by atoms with Crippen molar-refractivity contribution in [2.75, 3.05) is 18.4 Å². The molecule has 19 heavy (non-hydrogen) atoms.